The van der Waals surface area contributed by atoms with Crippen LogP contribution in [0.1, 0.15) is 29.5 Å². The quantitative estimate of drug-likeness (QED) is 0.260. The molecule has 0 aromatic heterocycles. The van der Waals surface area contributed by atoms with Crippen LogP contribution in [0, 0.1) is 5.82 Å². The first-order chi connectivity index (χ1) is 17.9. The number of sulfonamides is 1. The molecule has 0 fully saturated rings. The van der Waals surface area contributed by atoms with E-state index in [4.69, 9.17) is 21.4 Å². The van der Waals surface area contributed by atoms with Gasteiger partial charge in [-0.1, -0.05) is 35.9 Å². The first-order valence-electron chi connectivity index (χ1n) is 11.2. The van der Waals surface area contributed by atoms with Crippen LogP contribution in [0.25, 0.3) is 12.2 Å². The van der Waals surface area contributed by atoms with E-state index in [1.807, 2.05) is 0 Å². The topological polar surface area (TPSA) is 83.9 Å². The molecular weight excluding hydrogens is 550 g/mol. The number of rotatable bonds is 7. The maximum absolute atomic E-state index is 14.2. The second-order valence-electron chi connectivity index (χ2n) is 8.43. The molecule has 1 aliphatic heterocycles. The standard InChI is InChI=1S/C26H20ClF4NO5S/c27-21-5-2-6-22(28)20(21)10-7-16-8-11-24-23(13-16)32(15-18(37-24)9-12-25(33)34)38(35,36)19-4-1-3-17(14-19)26(29,30)31/h1-8,10-11,13-14,18H,9,12,15H2,(H,33,34)/b10-7+/t18-/m0/s1. The van der Waals surface area contributed by atoms with Gasteiger partial charge in [0.2, 0.25) is 0 Å². The fraction of sp³-hybridized carbons (Fsp3) is 0.192. The molecule has 1 heterocycles. The zero-order valence-corrected chi connectivity index (χ0v) is 21.0. The number of ether oxygens (including phenoxy) is 1. The van der Waals surface area contributed by atoms with Crippen LogP contribution in [-0.2, 0) is 21.0 Å². The molecule has 0 spiro atoms. The minimum atomic E-state index is -4.76. The molecule has 0 saturated carbocycles. The number of aliphatic carboxylic acids is 1. The van der Waals surface area contributed by atoms with Crippen molar-refractivity contribution in [3.63, 3.8) is 0 Å². The van der Waals surface area contributed by atoms with Gasteiger partial charge in [-0.05, 0) is 60.5 Å². The number of carboxylic acids is 1. The van der Waals surface area contributed by atoms with Crippen molar-refractivity contribution in [3.05, 3.63) is 88.2 Å². The third kappa shape index (κ3) is 5.94. The van der Waals surface area contributed by atoms with Gasteiger partial charge in [0, 0.05) is 12.0 Å². The molecule has 38 heavy (non-hydrogen) atoms. The molecule has 1 N–H and O–H groups in total. The van der Waals surface area contributed by atoms with Crippen molar-refractivity contribution < 1.29 is 40.6 Å². The minimum absolute atomic E-state index is 0.0309. The molecule has 1 atom stereocenters. The SMILES string of the molecule is O=C(O)CC[C@H]1CN(S(=O)(=O)c2cccc(C(F)(F)F)c2)c2cc(/C=C/c3c(F)cccc3Cl)ccc2O1. The van der Waals surface area contributed by atoms with E-state index in [1.165, 1.54) is 42.5 Å². The Hall–Kier alpha value is -3.57. The maximum atomic E-state index is 14.2. The van der Waals surface area contributed by atoms with Gasteiger partial charge in [-0.25, -0.2) is 12.8 Å². The number of fused-ring (bicyclic) bond motifs is 1. The maximum Gasteiger partial charge on any atom is 0.416 e. The molecule has 0 aliphatic carbocycles. The van der Waals surface area contributed by atoms with Crippen LogP contribution >= 0.6 is 11.6 Å². The highest BCUT2D eigenvalue weighted by Gasteiger charge is 2.37. The van der Waals surface area contributed by atoms with Gasteiger partial charge in [0.1, 0.15) is 17.7 Å². The first kappa shape index (κ1) is 27.5. The summed E-state index contributed by atoms with van der Waals surface area (Å²) in [6, 6.07) is 12.0. The number of carboxylic acid groups (broad SMARTS) is 1. The van der Waals surface area contributed by atoms with Gasteiger partial charge in [-0.15, -0.1) is 0 Å². The Labute approximate surface area is 220 Å². The zero-order valence-electron chi connectivity index (χ0n) is 19.5. The van der Waals surface area contributed by atoms with E-state index in [0.717, 1.165) is 22.5 Å². The van der Waals surface area contributed by atoms with E-state index in [-0.39, 0.29) is 41.4 Å². The van der Waals surface area contributed by atoms with Crippen molar-refractivity contribution in [2.75, 3.05) is 10.8 Å². The molecular formula is C26H20ClF4NO5S. The predicted molar refractivity (Wildman–Crippen MR) is 134 cm³/mol. The van der Waals surface area contributed by atoms with E-state index >= 15 is 0 Å². The van der Waals surface area contributed by atoms with Crippen molar-refractivity contribution in [2.45, 2.75) is 30.0 Å². The number of carbonyl (C=O) groups is 1. The van der Waals surface area contributed by atoms with Crippen LogP contribution in [0.3, 0.4) is 0 Å². The van der Waals surface area contributed by atoms with Crippen molar-refractivity contribution >= 4 is 45.4 Å². The summed E-state index contributed by atoms with van der Waals surface area (Å²) in [5.41, 5.74) is -0.547. The fourth-order valence-electron chi connectivity index (χ4n) is 3.90. The molecule has 0 amide bonds. The van der Waals surface area contributed by atoms with Gasteiger partial charge in [0.05, 0.1) is 27.7 Å². The molecule has 3 aromatic carbocycles. The average molecular weight is 570 g/mol. The van der Waals surface area contributed by atoms with Gasteiger partial charge in [-0.2, -0.15) is 13.2 Å². The molecule has 0 unspecified atom stereocenters. The lowest BCUT2D eigenvalue weighted by Gasteiger charge is -2.35. The molecule has 12 heteroatoms. The second kappa shape index (κ2) is 10.7. The minimum Gasteiger partial charge on any atom is -0.486 e. The lowest BCUT2D eigenvalue weighted by molar-refractivity contribution is -0.138. The fourth-order valence-corrected chi connectivity index (χ4v) is 5.68. The number of hydrogen-bond acceptors (Lipinski definition) is 4. The molecule has 6 nitrogen and oxygen atoms in total. The van der Waals surface area contributed by atoms with Crippen molar-refractivity contribution in [1.29, 1.82) is 0 Å². The number of hydrogen-bond donors (Lipinski definition) is 1. The average Bonchev–Trinajstić information content (AvgIpc) is 2.86. The Morgan fingerprint density at radius 3 is 2.53 bits per heavy atom. The summed E-state index contributed by atoms with van der Waals surface area (Å²) in [7, 11) is -4.53. The Morgan fingerprint density at radius 1 is 1.11 bits per heavy atom. The zero-order chi connectivity index (χ0) is 27.7. The van der Waals surface area contributed by atoms with E-state index in [2.05, 4.69) is 0 Å². The first-order valence-corrected chi connectivity index (χ1v) is 13.0. The van der Waals surface area contributed by atoms with Crippen LogP contribution in [0.4, 0.5) is 23.2 Å². The van der Waals surface area contributed by atoms with Crippen LogP contribution < -0.4 is 9.04 Å². The summed E-state index contributed by atoms with van der Waals surface area (Å²) in [4.78, 5) is 10.5. The number of alkyl halides is 3. The van der Waals surface area contributed by atoms with Gasteiger partial charge < -0.3 is 9.84 Å². The molecule has 1 aliphatic rings. The summed E-state index contributed by atoms with van der Waals surface area (Å²) in [5, 5.41) is 9.21. The highest BCUT2D eigenvalue weighted by molar-refractivity contribution is 7.92. The number of benzene rings is 3. The summed E-state index contributed by atoms with van der Waals surface area (Å²) >= 11 is 6.05. The van der Waals surface area contributed by atoms with E-state index < -0.39 is 44.5 Å². The lowest BCUT2D eigenvalue weighted by atomic mass is 10.1. The number of anilines is 1. The van der Waals surface area contributed by atoms with Crippen LogP contribution in [0.15, 0.2) is 65.6 Å². The van der Waals surface area contributed by atoms with Crippen molar-refractivity contribution in [3.8, 4) is 5.75 Å². The normalized spacial score (nSPS) is 15.8. The monoisotopic (exact) mass is 569 g/mol. The van der Waals surface area contributed by atoms with Gasteiger partial charge in [0.25, 0.3) is 10.0 Å². The highest BCUT2D eigenvalue weighted by Crippen LogP contribution is 2.40. The van der Waals surface area contributed by atoms with Crippen LogP contribution in [0.2, 0.25) is 5.02 Å². The van der Waals surface area contributed by atoms with Gasteiger partial charge in [-0.3, -0.25) is 9.10 Å². The van der Waals surface area contributed by atoms with E-state index in [0.29, 0.717) is 11.6 Å². The largest absolute Gasteiger partial charge is 0.486 e. The Balaban J connectivity index is 1.77. The third-order valence-corrected chi connectivity index (χ3v) is 7.89. The summed E-state index contributed by atoms with van der Waals surface area (Å²) in [5.74, 6) is -1.58. The van der Waals surface area contributed by atoms with Crippen molar-refractivity contribution in [2.24, 2.45) is 0 Å². The summed E-state index contributed by atoms with van der Waals surface area (Å²) < 4.78 is 87.9. The number of nitrogens with zero attached hydrogens (tertiary/aromatic N) is 1. The molecule has 0 saturated heterocycles. The third-order valence-electron chi connectivity index (χ3n) is 5.79. The summed E-state index contributed by atoms with van der Waals surface area (Å²) in [6.45, 7) is -0.328. The van der Waals surface area contributed by atoms with Crippen molar-refractivity contribution in [1.82, 2.24) is 0 Å². The Bertz CT molecular complexity index is 1490. The van der Waals surface area contributed by atoms with E-state index in [9.17, 15) is 30.8 Å². The predicted octanol–water partition coefficient (Wildman–Crippen LogP) is 6.49. The summed E-state index contributed by atoms with van der Waals surface area (Å²) in [6.07, 6.45) is -3.05. The Morgan fingerprint density at radius 2 is 1.84 bits per heavy atom. The van der Waals surface area contributed by atoms with Crippen LogP contribution in [0.5, 0.6) is 5.75 Å². The number of halogens is 5. The second-order valence-corrected chi connectivity index (χ2v) is 10.7. The van der Waals surface area contributed by atoms with Gasteiger partial charge >= 0.3 is 12.1 Å². The Kier molecular flexibility index (Phi) is 7.70. The van der Waals surface area contributed by atoms with Crippen LogP contribution in [-0.4, -0.2) is 32.1 Å². The van der Waals surface area contributed by atoms with E-state index in [1.54, 1.807) is 6.07 Å². The highest BCUT2D eigenvalue weighted by atomic mass is 35.5. The molecule has 0 bridgehead atoms. The molecule has 4 rings (SSSR count). The molecule has 3 aromatic rings. The van der Waals surface area contributed by atoms with Gasteiger partial charge in [0.15, 0.2) is 0 Å². The molecule has 200 valence electrons. The lowest BCUT2D eigenvalue weighted by Crippen LogP contribution is -2.43. The smallest absolute Gasteiger partial charge is 0.416 e. The molecule has 0 radical (unpaired) electrons.